The Hall–Kier alpha value is -0.700. The first-order valence-electron chi connectivity index (χ1n) is 5.60. The van der Waals surface area contributed by atoms with Crippen LogP contribution < -0.4 is 5.32 Å². The maximum absolute atomic E-state index is 11.9. The molecule has 0 aromatic carbocycles. The molecule has 1 rings (SSSR count). The second kappa shape index (κ2) is 4.44. The molecule has 0 aromatic rings. The Balaban J connectivity index is 2.51. The van der Waals surface area contributed by atoms with Crippen molar-refractivity contribution >= 4 is 11.6 Å². The molecular formula is C12H21NO2. The molecule has 0 aliphatic carbocycles. The Labute approximate surface area is 91.6 Å². The van der Waals surface area contributed by atoms with Crippen LogP contribution in [0.1, 0.15) is 40.5 Å². The van der Waals surface area contributed by atoms with Gasteiger partial charge in [0.1, 0.15) is 5.78 Å². The Morgan fingerprint density at radius 1 is 1.20 bits per heavy atom. The predicted molar refractivity (Wildman–Crippen MR) is 59.7 cm³/mol. The van der Waals surface area contributed by atoms with Crippen molar-refractivity contribution in [2.75, 3.05) is 6.54 Å². The van der Waals surface area contributed by atoms with Gasteiger partial charge in [-0.25, -0.2) is 0 Å². The van der Waals surface area contributed by atoms with Gasteiger partial charge in [0.15, 0.2) is 5.78 Å². The second-order valence-electron chi connectivity index (χ2n) is 5.46. The average Bonchev–Trinajstić information content (AvgIpc) is 2.15. The highest BCUT2D eigenvalue weighted by Gasteiger charge is 2.33. The predicted octanol–water partition coefficient (Wildman–Crippen LogP) is 1.56. The molecule has 2 atom stereocenters. The van der Waals surface area contributed by atoms with Crippen LogP contribution in [0.2, 0.25) is 0 Å². The van der Waals surface area contributed by atoms with E-state index in [0.29, 0.717) is 6.54 Å². The number of hydrogen-bond donors (Lipinski definition) is 1. The van der Waals surface area contributed by atoms with E-state index in [-0.39, 0.29) is 28.9 Å². The molecule has 3 heteroatoms. The van der Waals surface area contributed by atoms with E-state index in [9.17, 15) is 9.59 Å². The molecule has 1 N–H and O–H groups in total. The molecule has 0 spiro atoms. The third kappa shape index (κ3) is 3.13. The fraction of sp³-hybridized carbons (Fsp3) is 0.833. The monoisotopic (exact) mass is 211 g/mol. The second-order valence-corrected chi connectivity index (χ2v) is 5.46. The van der Waals surface area contributed by atoms with Crippen molar-refractivity contribution in [2.24, 2.45) is 11.3 Å². The highest BCUT2D eigenvalue weighted by atomic mass is 16.1. The summed E-state index contributed by atoms with van der Waals surface area (Å²) in [4.78, 5) is 23.1. The van der Waals surface area contributed by atoms with Crippen LogP contribution >= 0.6 is 0 Å². The Morgan fingerprint density at radius 3 is 2.13 bits per heavy atom. The fourth-order valence-corrected chi connectivity index (χ4v) is 1.95. The van der Waals surface area contributed by atoms with Crippen LogP contribution in [0.4, 0.5) is 0 Å². The van der Waals surface area contributed by atoms with Crippen LogP contribution in [-0.4, -0.2) is 24.2 Å². The first kappa shape index (κ1) is 12.4. The number of ketones is 2. The smallest absolute Gasteiger partial charge is 0.155 e. The van der Waals surface area contributed by atoms with Crippen molar-refractivity contribution in [3.8, 4) is 0 Å². The molecular weight excluding hydrogens is 190 g/mol. The molecule has 0 saturated carbocycles. The van der Waals surface area contributed by atoms with E-state index in [1.807, 2.05) is 20.8 Å². The third-order valence-corrected chi connectivity index (χ3v) is 3.05. The molecule has 0 radical (unpaired) electrons. The molecule has 2 unspecified atom stereocenters. The first-order chi connectivity index (χ1) is 6.82. The molecule has 86 valence electrons. The van der Waals surface area contributed by atoms with E-state index in [1.54, 1.807) is 6.92 Å². The quantitative estimate of drug-likeness (QED) is 0.754. The summed E-state index contributed by atoms with van der Waals surface area (Å²) < 4.78 is 0. The Bertz CT molecular complexity index is 257. The average molecular weight is 211 g/mol. The first-order valence-corrected chi connectivity index (χ1v) is 5.60. The minimum absolute atomic E-state index is 0.0550. The van der Waals surface area contributed by atoms with Crippen molar-refractivity contribution in [1.29, 1.82) is 0 Å². The summed E-state index contributed by atoms with van der Waals surface area (Å²) in [7, 11) is 0. The molecule has 0 aromatic heterocycles. The van der Waals surface area contributed by atoms with Gasteiger partial charge in [-0.3, -0.25) is 9.59 Å². The van der Waals surface area contributed by atoms with Gasteiger partial charge in [0.2, 0.25) is 0 Å². The van der Waals surface area contributed by atoms with Gasteiger partial charge in [-0.1, -0.05) is 20.8 Å². The summed E-state index contributed by atoms with van der Waals surface area (Å²) in [6.45, 7) is 8.09. The number of carbonyl (C=O) groups is 2. The number of rotatable bonds is 2. The van der Waals surface area contributed by atoms with Crippen molar-refractivity contribution in [3.63, 3.8) is 0 Å². The fourth-order valence-electron chi connectivity index (χ4n) is 1.95. The number of hydrogen-bond acceptors (Lipinski definition) is 3. The lowest BCUT2D eigenvalue weighted by atomic mass is 9.81. The van der Waals surface area contributed by atoms with Crippen LogP contribution in [0.25, 0.3) is 0 Å². The minimum Gasteiger partial charge on any atom is -0.307 e. The molecule has 1 aliphatic rings. The maximum atomic E-state index is 11.9. The highest BCUT2D eigenvalue weighted by Crippen LogP contribution is 2.23. The van der Waals surface area contributed by atoms with E-state index in [2.05, 4.69) is 5.32 Å². The van der Waals surface area contributed by atoms with Crippen molar-refractivity contribution in [2.45, 2.75) is 46.6 Å². The zero-order chi connectivity index (χ0) is 11.6. The Morgan fingerprint density at radius 2 is 1.80 bits per heavy atom. The molecule has 3 nitrogen and oxygen atoms in total. The number of carbonyl (C=O) groups excluding carboxylic acids is 2. The van der Waals surface area contributed by atoms with E-state index >= 15 is 0 Å². The van der Waals surface area contributed by atoms with Gasteiger partial charge in [-0.15, -0.1) is 0 Å². The van der Waals surface area contributed by atoms with Crippen molar-refractivity contribution < 1.29 is 9.59 Å². The molecule has 0 amide bonds. The van der Waals surface area contributed by atoms with Gasteiger partial charge in [-0.05, 0) is 19.8 Å². The van der Waals surface area contributed by atoms with Crippen LogP contribution in [0.15, 0.2) is 0 Å². The molecule has 0 bridgehead atoms. The summed E-state index contributed by atoms with van der Waals surface area (Å²) in [5.41, 5.74) is -0.291. The van der Waals surface area contributed by atoms with Gasteiger partial charge >= 0.3 is 0 Å². The summed E-state index contributed by atoms with van der Waals surface area (Å²) in [5, 5.41) is 3.19. The minimum atomic E-state index is -0.291. The van der Waals surface area contributed by atoms with Crippen molar-refractivity contribution in [1.82, 2.24) is 5.32 Å². The maximum Gasteiger partial charge on any atom is 0.155 e. The molecule has 15 heavy (non-hydrogen) atoms. The largest absolute Gasteiger partial charge is 0.307 e. The van der Waals surface area contributed by atoms with Crippen LogP contribution in [0.5, 0.6) is 0 Å². The standard InChI is InChI=1S/C12H21NO2/c1-8(14)9-5-6-10(13-7-9)11(15)12(2,3)4/h9-10,13H,5-7H2,1-4H3. The van der Waals surface area contributed by atoms with Crippen LogP contribution in [0.3, 0.4) is 0 Å². The third-order valence-electron chi connectivity index (χ3n) is 3.05. The molecule has 1 fully saturated rings. The zero-order valence-corrected chi connectivity index (χ0v) is 10.1. The normalized spacial score (nSPS) is 27.5. The lowest BCUT2D eigenvalue weighted by Gasteiger charge is -2.31. The highest BCUT2D eigenvalue weighted by molar-refractivity contribution is 5.89. The molecule has 1 saturated heterocycles. The summed E-state index contributed by atoms with van der Waals surface area (Å²) in [6.07, 6.45) is 1.63. The lowest BCUT2D eigenvalue weighted by Crippen LogP contribution is -2.49. The van der Waals surface area contributed by atoms with E-state index in [4.69, 9.17) is 0 Å². The van der Waals surface area contributed by atoms with E-state index < -0.39 is 0 Å². The molecule has 1 aliphatic heterocycles. The van der Waals surface area contributed by atoms with Crippen LogP contribution in [-0.2, 0) is 9.59 Å². The number of piperidine rings is 1. The SMILES string of the molecule is CC(=O)C1CCC(C(=O)C(C)(C)C)NC1. The number of Topliss-reactive ketones (excluding diaryl/α,β-unsaturated/α-hetero) is 2. The molecule has 1 heterocycles. The van der Waals surface area contributed by atoms with E-state index in [0.717, 1.165) is 12.8 Å². The number of nitrogens with one attached hydrogen (secondary N) is 1. The summed E-state index contributed by atoms with van der Waals surface area (Å²) in [5.74, 6) is 0.586. The van der Waals surface area contributed by atoms with E-state index in [1.165, 1.54) is 0 Å². The summed E-state index contributed by atoms with van der Waals surface area (Å²) in [6, 6.07) is -0.0550. The zero-order valence-electron chi connectivity index (χ0n) is 10.1. The lowest BCUT2D eigenvalue weighted by molar-refractivity contribution is -0.130. The summed E-state index contributed by atoms with van der Waals surface area (Å²) >= 11 is 0. The van der Waals surface area contributed by atoms with Crippen LogP contribution in [0, 0.1) is 11.3 Å². The topological polar surface area (TPSA) is 46.2 Å². The van der Waals surface area contributed by atoms with Crippen molar-refractivity contribution in [3.05, 3.63) is 0 Å². The van der Waals surface area contributed by atoms with Gasteiger partial charge < -0.3 is 5.32 Å². The Kier molecular flexibility index (Phi) is 3.66. The van der Waals surface area contributed by atoms with Gasteiger partial charge in [0.25, 0.3) is 0 Å². The van der Waals surface area contributed by atoms with Gasteiger partial charge in [-0.2, -0.15) is 0 Å². The van der Waals surface area contributed by atoms with Gasteiger partial charge in [0.05, 0.1) is 6.04 Å². The van der Waals surface area contributed by atoms with Gasteiger partial charge in [0, 0.05) is 17.9 Å².